The Bertz CT molecular complexity index is 783. The normalized spacial score (nSPS) is 11.5. The lowest BCUT2D eigenvalue weighted by Crippen LogP contribution is -2.23. The molecule has 1 aromatic carbocycles. The van der Waals surface area contributed by atoms with Gasteiger partial charge >= 0.3 is 5.97 Å². The smallest absolute Gasteiger partial charge is 0.335 e. The van der Waals surface area contributed by atoms with Gasteiger partial charge in [-0.1, -0.05) is 0 Å². The molecule has 112 valence electrons. The number of carboxylic acid groups (broad SMARTS) is 1. The van der Waals surface area contributed by atoms with Gasteiger partial charge in [0.1, 0.15) is 0 Å². The van der Waals surface area contributed by atoms with Gasteiger partial charge in [-0.3, -0.25) is 0 Å². The maximum absolute atomic E-state index is 12.3. The van der Waals surface area contributed by atoms with Crippen molar-refractivity contribution in [2.75, 3.05) is 0 Å². The van der Waals surface area contributed by atoms with Crippen molar-refractivity contribution in [3.63, 3.8) is 0 Å². The van der Waals surface area contributed by atoms with Gasteiger partial charge in [-0.15, -0.1) is 0 Å². The average molecular weight is 373 g/mol. The average Bonchev–Trinajstić information content (AvgIpc) is 2.82. The summed E-state index contributed by atoms with van der Waals surface area (Å²) in [5.41, 5.74) is 0.727. The highest BCUT2D eigenvalue weighted by Gasteiger charge is 2.19. The quantitative estimate of drug-likeness (QED) is 0.839. The molecule has 0 aliphatic rings. The molecule has 0 unspecified atom stereocenters. The maximum Gasteiger partial charge on any atom is 0.335 e. The second-order valence-corrected chi connectivity index (χ2v) is 7.05. The molecule has 21 heavy (non-hydrogen) atoms. The molecule has 0 amide bonds. The molecule has 1 aromatic heterocycles. The molecule has 6 nitrogen and oxygen atoms in total. The highest BCUT2D eigenvalue weighted by atomic mass is 79.9. The molecule has 0 spiro atoms. The van der Waals surface area contributed by atoms with E-state index in [4.69, 9.17) is 5.11 Å². The Labute approximate surface area is 130 Å². The molecule has 0 aliphatic heterocycles. The third kappa shape index (κ3) is 3.72. The SMILES string of the molecule is Cn1ccc(CNS(=O)(=O)c2cc(C(=O)O)ccc2Br)c1. The number of sulfonamides is 1. The van der Waals surface area contributed by atoms with E-state index in [1.54, 1.807) is 12.3 Å². The van der Waals surface area contributed by atoms with Crippen molar-refractivity contribution in [3.8, 4) is 0 Å². The second kappa shape index (κ2) is 6.00. The number of hydrogen-bond acceptors (Lipinski definition) is 3. The topological polar surface area (TPSA) is 88.4 Å². The number of rotatable bonds is 5. The summed E-state index contributed by atoms with van der Waals surface area (Å²) in [6, 6.07) is 5.66. The van der Waals surface area contributed by atoms with Crippen molar-refractivity contribution in [2.45, 2.75) is 11.4 Å². The standard InChI is InChI=1S/C13H13BrN2O4S/c1-16-5-4-9(8-16)7-15-21(19,20)12-6-10(13(17)18)2-3-11(12)14/h2-6,8,15H,7H2,1H3,(H,17,18). The lowest BCUT2D eigenvalue weighted by molar-refractivity contribution is 0.0696. The van der Waals surface area contributed by atoms with Gasteiger partial charge in [0.15, 0.2) is 0 Å². The molecule has 8 heteroatoms. The van der Waals surface area contributed by atoms with Crippen molar-refractivity contribution in [2.24, 2.45) is 7.05 Å². The first kappa shape index (κ1) is 15.7. The van der Waals surface area contributed by atoms with Crippen molar-refractivity contribution >= 4 is 31.9 Å². The number of carboxylic acids is 1. The van der Waals surface area contributed by atoms with E-state index >= 15 is 0 Å². The summed E-state index contributed by atoms with van der Waals surface area (Å²) in [6.07, 6.45) is 3.61. The van der Waals surface area contributed by atoms with E-state index in [-0.39, 0.29) is 17.0 Å². The molecule has 0 atom stereocenters. The first-order valence-electron chi connectivity index (χ1n) is 5.93. The predicted octanol–water partition coefficient (Wildman–Crippen LogP) is 1.96. The van der Waals surface area contributed by atoms with E-state index in [0.717, 1.165) is 11.6 Å². The van der Waals surface area contributed by atoms with Crippen LogP contribution in [0.15, 0.2) is 46.0 Å². The van der Waals surface area contributed by atoms with Gasteiger partial charge < -0.3 is 9.67 Å². The van der Waals surface area contributed by atoms with Gasteiger partial charge in [-0.2, -0.15) is 0 Å². The number of nitrogens with one attached hydrogen (secondary N) is 1. The Balaban J connectivity index is 2.26. The fourth-order valence-electron chi connectivity index (χ4n) is 1.76. The molecule has 0 fully saturated rings. The minimum atomic E-state index is -3.81. The number of aryl methyl sites for hydroxylation is 1. The first-order valence-corrected chi connectivity index (χ1v) is 8.20. The van der Waals surface area contributed by atoms with Crippen LogP contribution in [0.2, 0.25) is 0 Å². The summed E-state index contributed by atoms with van der Waals surface area (Å²) in [6.45, 7) is 0.132. The van der Waals surface area contributed by atoms with Crippen LogP contribution < -0.4 is 4.72 Å². The Hall–Kier alpha value is -1.64. The molecule has 2 N–H and O–H groups in total. The molecule has 0 saturated carbocycles. The maximum atomic E-state index is 12.3. The van der Waals surface area contributed by atoms with Crippen LogP contribution in [0.25, 0.3) is 0 Å². The Morgan fingerprint density at radius 3 is 2.67 bits per heavy atom. The largest absolute Gasteiger partial charge is 0.478 e. The fraction of sp³-hybridized carbons (Fsp3) is 0.154. The van der Waals surface area contributed by atoms with Gasteiger partial charge in [-0.05, 0) is 45.8 Å². The molecule has 0 radical (unpaired) electrons. The summed E-state index contributed by atoms with van der Waals surface area (Å²) in [4.78, 5) is 10.8. The van der Waals surface area contributed by atoms with Crippen LogP contribution >= 0.6 is 15.9 Å². The van der Waals surface area contributed by atoms with Crippen molar-refractivity contribution in [3.05, 3.63) is 52.3 Å². The molecule has 0 saturated heterocycles. The molecule has 2 aromatic rings. The number of aromatic carboxylic acids is 1. The van der Waals surface area contributed by atoms with Crippen LogP contribution in [0.3, 0.4) is 0 Å². The van der Waals surface area contributed by atoms with E-state index in [1.165, 1.54) is 12.1 Å². The van der Waals surface area contributed by atoms with Gasteiger partial charge in [0.2, 0.25) is 10.0 Å². The fourth-order valence-corrected chi connectivity index (χ4v) is 3.77. The van der Waals surface area contributed by atoms with E-state index in [9.17, 15) is 13.2 Å². The first-order chi connectivity index (χ1) is 9.79. The van der Waals surface area contributed by atoms with Crippen molar-refractivity contribution in [1.82, 2.24) is 9.29 Å². The van der Waals surface area contributed by atoms with Crippen LogP contribution in [-0.4, -0.2) is 24.1 Å². The van der Waals surface area contributed by atoms with Gasteiger partial charge in [0.25, 0.3) is 0 Å². The molecule has 2 rings (SSSR count). The number of nitrogens with zero attached hydrogens (tertiary/aromatic N) is 1. The molecule has 0 bridgehead atoms. The minimum Gasteiger partial charge on any atom is -0.478 e. The van der Waals surface area contributed by atoms with Gasteiger partial charge in [0.05, 0.1) is 10.5 Å². The van der Waals surface area contributed by atoms with E-state index in [0.29, 0.717) is 4.47 Å². The number of hydrogen-bond donors (Lipinski definition) is 2. The summed E-state index contributed by atoms with van der Waals surface area (Å²) >= 11 is 3.13. The third-order valence-corrected chi connectivity index (χ3v) is 5.22. The monoisotopic (exact) mass is 372 g/mol. The van der Waals surface area contributed by atoms with Crippen molar-refractivity contribution < 1.29 is 18.3 Å². The third-order valence-electron chi connectivity index (χ3n) is 2.83. The van der Waals surface area contributed by atoms with Crippen LogP contribution in [0.1, 0.15) is 15.9 Å². The minimum absolute atomic E-state index is 0.0849. The number of carbonyl (C=O) groups is 1. The molecular formula is C13H13BrN2O4S. The van der Waals surface area contributed by atoms with Crippen LogP contribution in [0, 0.1) is 0 Å². The summed E-state index contributed by atoms with van der Waals surface area (Å²) in [5, 5.41) is 8.94. The highest BCUT2D eigenvalue weighted by molar-refractivity contribution is 9.10. The summed E-state index contributed by atoms with van der Waals surface area (Å²) in [5.74, 6) is -1.18. The van der Waals surface area contributed by atoms with E-state index < -0.39 is 16.0 Å². The zero-order chi connectivity index (χ0) is 15.6. The Morgan fingerprint density at radius 1 is 1.38 bits per heavy atom. The van der Waals surface area contributed by atoms with Crippen LogP contribution in [0.5, 0.6) is 0 Å². The second-order valence-electron chi connectivity index (χ2n) is 4.46. The lowest BCUT2D eigenvalue weighted by atomic mass is 10.2. The number of benzene rings is 1. The zero-order valence-electron chi connectivity index (χ0n) is 11.1. The summed E-state index contributed by atoms with van der Waals surface area (Å²) < 4.78 is 29.1. The molecular weight excluding hydrogens is 360 g/mol. The molecule has 1 heterocycles. The number of halogens is 1. The van der Waals surface area contributed by atoms with E-state index in [2.05, 4.69) is 20.7 Å². The summed E-state index contributed by atoms with van der Waals surface area (Å²) in [7, 11) is -1.97. The van der Waals surface area contributed by atoms with Gasteiger partial charge in [0, 0.05) is 30.5 Å². The zero-order valence-corrected chi connectivity index (χ0v) is 13.5. The Kier molecular flexibility index (Phi) is 4.50. The van der Waals surface area contributed by atoms with E-state index in [1.807, 2.05) is 17.8 Å². The predicted molar refractivity (Wildman–Crippen MR) is 80.5 cm³/mol. The van der Waals surface area contributed by atoms with Crippen molar-refractivity contribution in [1.29, 1.82) is 0 Å². The van der Waals surface area contributed by atoms with Gasteiger partial charge in [-0.25, -0.2) is 17.9 Å². The molecule has 0 aliphatic carbocycles. The van der Waals surface area contributed by atoms with Crippen LogP contribution in [-0.2, 0) is 23.6 Å². The number of aromatic nitrogens is 1. The Morgan fingerprint density at radius 2 is 2.10 bits per heavy atom. The van der Waals surface area contributed by atoms with Crippen LogP contribution in [0.4, 0.5) is 0 Å². The highest BCUT2D eigenvalue weighted by Crippen LogP contribution is 2.23. The lowest BCUT2D eigenvalue weighted by Gasteiger charge is -2.08.